The van der Waals surface area contributed by atoms with Gasteiger partial charge in [-0.15, -0.1) is 0 Å². The SMILES string of the molecule is CCCCC=CC=CC=CCCCCCCC(CCC(C)CCCC(C)CCCC(C)CCCC(C)C)C(=O)O. The van der Waals surface area contributed by atoms with Crippen molar-refractivity contribution < 1.29 is 9.90 Å². The second-order valence-electron chi connectivity index (χ2n) is 13.5. The lowest BCUT2D eigenvalue weighted by atomic mass is 9.88. The smallest absolute Gasteiger partial charge is 0.306 e. The van der Waals surface area contributed by atoms with E-state index in [0.29, 0.717) is 5.92 Å². The summed E-state index contributed by atoms with van der Waals surface area (Å²) >= 11 is 0. The molecule has 0 fully saturated rings. The van der Waals surface area contributed by atoms with Gasteiger partial charge in [0.1, 0.15) is 0 Å². The van der Waals surface area contributed by atoms with Gasteiger partial charge in [0.25, 0.3) is 0 Å². The third-order valence-electron chi connectivity index (χ3n) is 8.63. The monoisotopic (exact) mass is 559 g/mol. The van der Waals surface area contributed by atoms with Crippen molar-refractivity contribution in [1.82, 2.24) is 0 Å². The van der Waals surface area contributed by atoms with E-state index in [0.717, 1.165) is 56.3 Å². The Morgan fingerprint density at radius 2 is 1.00 bits per heavy atom. The minimum absolute atomic E-state index is 0.153. The number of unbranched alkanes of at least 4 members (excludes halogenated alkanes) is 6. The van der Waals surface area contributed by atoms with Crippen LogP contribution in [0.15, 0.2) is 36.5 Å². The summed E-state index contributed by atoms with van der Waals surface area (Å²) in [4.78, 5) is 11.8. The van der Waals surface area contributed by atoms with E-state index in [1.807, 2.05) is 0 Å². The number of carboxylic acid groups (broad SMARTS) is 1. The summed E-state index contributed by atoms with van der Waals surface area (Å²) in [6.45, 7) is 14.1. The Bertz CT molecular complexity index is 644. The maximum absolute atomic E-state index is 11.8. The van der Waals surface area contributed by atoms with Crippen molar-refractivity contribution in [2.75, 3.05) is 0 Å². The lowest BCUT2D eigenvalue weighted by molar-refractivity contribution is -0.142. The van der Waals surface area contributed by atoms with Gasteiger partial charge in [-0.3, -0.25) is 4.79 Å². The molecule has 0 heterocycles. The fourth-order valence-electron chi connectivity index (χ4n) is 5.62. The van der Waals surface area contributed by atoms with Crippen LogP contribution in [0, 0.1) is 29.6 Å². The van der Waals surface area contributed by atoms with Crippen LogP contribution >= 0.6 is 0 Å². The van der Waals surface area contributed by atoms with Crippen LogP contribution in [0.4, 0.5) is 0 Å². The van der Waals surface area contributed by atoms with Crippen LogP contribution in [-0.2, 0) is 4.79 Å². The minimum Gasteiger partial charge on any atom is -0.481 e. The number of carbonyl (C=O) groups is 1. The molecule has 0 bridgehead atoms. The number of allylic oxidation sites excluding steroid dienone is 6. The molecular formula is C38H70O2. The van der Waals surface area contributed by atoms with E-state index < -0.39 is 5.97 Å². The fourth-order valence-corrected chi connectivity index (χ4v) is 5.62. The first kappa shape index (κ1) is 38.7. The average molecular weight is 559 g/mol. The van der Waals surface area contributed by atoms with Gasteiger partial charge < -0.3 is 5.11 Å². The zero-order valence-corrected chi connectivity index (χ0v) is 27.8. The molecule has 4 unspecified atom stereocenters. The van der Waals surface area contributed by atoms with E-state index in [9.17, 15) is 9.90 Å². The van der Waals surface area contributed by atoms with Gasteiger partial charge in [0.2, 0.25) is 0 Å². The van der Waals surface area contributed by atoms with Crippen molar-refractivity contribution in [3.63, 3.8) is 0 Å². The van der Waals surface area contributed by atoms with Crippen molar-refractivity contribution >= 4 is 5.97 Å². The zero-order valence-electron chi connectivity index (χ0n) is 27.8. The Balaban J connectivity index is 3.85. The van der Waals surface area contributed by atoms with Crippen LogP contribution < -0.4 is 0 Å². The zero-order chi connectivity index (χ0) is 29.8. The normalized spacial score (nSPS) is 15.5. The molecule has 0 saturated heterocycles. The largest absolute Gasteiger partial charge is 0.481 e. The summed E-state index contributed by atoms with van der Waals surface area (Å²) in [6, 6.07) is 0. The second kappa shape index (κ2) is 27.8. The number of aliphatic carboxylic acids is 1. The highest BCUT2D eigenvalue weighted by Gasteiger charge is 2.18. The highest BCUT2D eigenvalue weighted by atomic mass is 16.4. The van der Waals surface area contributed by atoms with E-state index in [2.05, 4.69) is 78.0 Å². The summed E-state index contributed by atoms with van der Waals surface area (Å²) in [5.41, 5.74) is 0. The third-order valence-corrected chi connectivity index (χ3v) is 8.63. The van der Waals surface area contributed by atoms with Gasteiger partial charge in [-0.05, 0) is 62.2 Å². The maximum atomic E-state index is 11.8. The van der Waals surface area contributed by atoms with Gasteiger partial charge in [-0.1, -0.05) is 168 Å². The van der Waals surface area contributed by atoms with E-state index >= 15 is 0 Å². The Labute approximate surface area is 251 Å². The molecule has 0 aromatic rings. The predicted octanol–water partition coefficient (Wildman–Crippen LogP) is 12.7. The molecule has 4 atom stereocenters. The van der Waals surface area contributed by atoms with Gasteiger partial charge in [-0.2, -0.15) is 0 Å². The maximum Gasteiger partial charge on any atom is 0.306 e. The molecule has 0 rings (SSSR count). The minimum atomic E-state index is -0.585. The van der Waals surface area contributed by atoms with E-state index in [-0.39, 0.29) is 5.92 Å². The van der Waals surface area contributed by atoms with E-state index in [4.69, 9.17) is 0 Å². The Morgan fingerprint density at radius 3 is 1.50 bits per heavy atom. The van der Waals surface area contributed by atoms with Crippen molar-refractivity contribution in [2.45, 2.75) is 170 Å². The van der Waals surface area contributed by atoms with E-state index in [1.54, 1.807) is 0 Å². The molecule has 0 amide bonds. The molecule has 1 N–H and O–H groups in total. The summed E-state index contributed by atoms with van der Waals surface area (Å²) in [6.07, 6.45) is 37.3. The molecule has 2 heteroatoms. The second-order valence-corrected chi connectivity index (χ2v) is 13.5. The van der Waals surface area contributed by atoms with Gasteiger partial charge >= 0.3 is 5.97 Å². The lowest BCUT2D eigenvalue weighted by Crippen LogP contribution is -2.15. The van der Waals surface area contributed by atoms with Gasteiger partial charge in [0.05, 0.1) is 5.92 Å². The van der Waals surface area contributed by atoms with Crippen molar-refractivity contribution in [1.29, 1.82) is 0 Å². The highest BCUT2D eigenvalue weighted by molar-refractivity contribution is 5.69. The summed E-state index contributed by atoms with van der Waals surface area (Å²) < 4.78 is 0. The molecule has 0 saturated carbocycles. The number of carboxylic acids is 1. The molecule has 234 valence electrons. The van der Waals surface area contributed by atoms with Crippen LogP contribution in [-0.4, -0.2) is 11.1 Å². The molecule has 0 aromatic heterocycles. The molecule has 0 aliphatic rings. The van der Waals surface area contributed by atoms with Crippen LogP contribution in [0.1, 0.15) is 170 Å². The highest BCUT2D eigenvalue weighted by Crippen LogP contribution is 2.25. The summed E-state index contributed by atoms with van der Waals surface area (Å²) in [7, 11) is 0. The quantitative estimate of drug-likeness (QED) is 0.0765. The van der Waals surface area contributed by atoms with Crippen LogP contribution in [0.3, 0.4) is 0 Å². The van der Waals surface area contributed by atoms with Crippen molar-refractivity contribution in [2.24, 2.45) is 29.6 Å². The number of hydrogen-bond donors (Lipinski definition) is 1. The lowest BCUT2D eigenvalue weighted by Gasteiger charge is -2.18. The van der Waals surface area contributed by atoms with Crippen molar-refractivity contribution in [3.05, 3.63) is 36.5 Å². The standard InChI is InChI=1S/C38H70O2/c1-7-8-9-10-11-12-13-14-15-16-17-18-19-20-30-37(38(39)40)32-31-36(6)29-23-28-35(5)27-22-26-34(4)25-21-24-33(2)3/h10-15,33-37H,7-9,16-32H2,1-6H3,(H,39,40). The number of hydrogen-bond acceptors (Lipinski definition) is 1. The van der Waals surface area contributed by atoms with Crippen molar-refractivity contribution in [3.8, 4) is 0 Å². The molecule has 0 aliphatic heterocycles. The van der Waals surface area contributed by atoms with E-state index in [1.165, 1.54) is 89.9 Å². The first-order valence-electron chi connectivity index (χ1n) is 17.5. The number of rotatable bonds is 28. The summed E-state index contributed by atoms with van der Waals surface area (Å²) in [5, 5.41) is 9.71. The summed E-state index contributed by atoms with van der Waals surface area (Å²) in [5.74, 6) is 2.45. The fraction of sp³-hybridized carbons (Fsp3) is 0.816. The topological polar surface area (TPSA) is 37.3 Å². The van der Waals surface area contributed by atoms with Gasteiger partial charge in [0, 0.05) is 0 Å². The molecular weight excluding hydrogens is 488 g/mol. The predicted molar refractivity (Wildman–Crippen MR) is 179 cm³/mol. The Kier molecular flexibility index (Phi) is 26.9. The van der Waals surface area contributed by atoms with Gasteiger partial charge in [-0.25, -0.2) is 0 Å². The molecule has 2 nitrogen and oxygen atoms in total. The van der Waals surface area contributed by atoms with Crippen LogP contribution in [0.5, 0.6) is 0 Å². The molecule has 0 radical (unpaired) electrons. The van der Waals surface area contributed by atoms with Gasteiger partial charge in [0.15, 0.2) is 0 Å². The first-order valence-corrected chi connectivity index (χ1v) is 17.5. The Hall–Kier alpha value is -1.31. The van der Waals surface area contributed by atoms with Crippen LogP contribution in [0.2, 0.25) is 0 Å². The first-order chi connectivity index (χ1) is 19.3. The Morgan fingerprint density at radius 1 is 0.525 bits per heavy atom. The third kappa shape index (κ3) is 26.9. The average Bonchev–Trinajstić information content (AvgIpc) is 2.90. The molecule has 0 spiro atoms. The molecule has 40 heavy (non-hydrogen) atoms. The molecule has 0 aromatic carbocycles. The van der Waals surface area contributed by atoms with Crippen LogP contribution in [0.25, 0.3) is 0 Å². The molecule has 0 aliphatic carbocycles.